The molecule has 0 bridgehead atoms. The van der Waals surface area contributed by atoms with Crippen LogP contribution in [-0.2, 0) is 24.7 Å². The first-order chi connectivity index (χ1) is 16.9. The first-order valence-corrected chi connectivity index (χ1v) is 11.5. The van der Waals surface area contributed by atoms with Crippen LogP contribution >= 0.6 is 0 Å². The molecule has 1 atom stereocenters. The SMILES string of the molecule is C=CCOc1ccc(C(O)=C2C(=O)C(=O)N(CCCOC)[C@@]23C(=O)N(CC)c2ccccc23)cc1. The number of hydrogen-bond donors (Lipinski definition) is 1. The molecule has 4 rings (SSSR count). The van der Waals surface area contributed by atoms with Crippen LogP contribution in [0.1, 0.15) is 24.5 Å². The lowest BCUT2D eigenvalue weighted by atomic mass is 9.82. The number of hydrogen-bond acceptors (Lipinski definition) is 6. The fraction of sp³-hybridized carbons (Fsp3) is 0.296. The van der Waals surface area contributed by atoms with Crippen molar-refractivity contribution in [2.45, 2.75) is 18.9 Å². The van der Waals surface area contributed by atoms with E-state index in [-0.39, 0.29) is 12.1 Å². The predicted molar refractivity (Wildman–Crippen MR) is 131 cm³/mol. The number of aliphatic hydroxyl groups excluding tert-OH is 1. The Bertz CT molecular complexity index is 1200. The lowest BCUT2D eigenvalue weighted by Gasteiger charge is -2.34. The fourth-order valence-corrected chi connectivity index (χ4v) is 4.86. The molecule has 182 valence electrons. The number of benzene rings is 2. The van der Waals surface area contributed by atoms with Gasteiger partial charge in [-0.2, -0.15) is 0 Å². The minimum atomic E-state index is -1.75. The molecule has 2 aliphatic heterocycles. The van der Waals surface area contributed by atoms with E-state index in [2.05, 4.69) is 6.58 Å². The summed E-state index contributed by atoms with van der Waals surface area (Å²) in [6, 6.07) is 13.5. The third-order valence-electron chi connectivity index (χ3n) is 6.35. The molecule has 1 saturated heterocycles. The highest BCUT2D eigenvalue weighted by Gasteiger charge is 2.66. The summed E-state index contributed by atoms with van der Waals surface area (Å²) in [5.74, 6) is -2.02. The Labute approximate surface area is 204 Å². The van der Waals surface area contributed by atoms with Gasteiger partial charge in [-0.15, -0.1) is 0 Å². The largest absolute Gasteiger partial charge is 0.507 e. The monoisotopic (exact) mass is 476 g/mol. The molecule has 35 heavy (non-hydrogen) atoms. The highest BCUT2D eigenvalue weighted by Crippen LogP contribution is 2.53. The molecule has 1 fully saturated rings. The second kappa shape index (κ2) is 9.76. The maximum Gasteiger partial charge on any atom is 0.296 e. The summed E-state index contributed by atoms with van der Waals surface area (Å²) >= 11 is 0. The summed E-state index contributed by atoms with van der Waals surface area (Å²) in [4.78, 5) is 43.6. The molecule has 0 unspecified atom stereocenters. The van der Waals surface area contributed by atoms with Crippen molar-refractivity contribution < 1.29 is 29.0 Å². The van der Waals surface area contributed by atoms with Gasteiger partial charge in [-0.05, 0) is 43.7 Å². The van der Waals surface area contributed by atoms with Gasteiger partial charge in [0.05, 0.1) is 11.3 Å². The molecule has 1 N–H and O–H groups in total. The Balaban J connectivity index is 1.94. The Morgan fingerprint density at radius 2 is 1.83 bits per heavy atom. The van der Waals surface area contributed by atoms with E-state index in [0.29, 0.717) is 48.7 Å². The Kier molecular flexibility index (Phi) is 6.75. The highest BCUT2D eigenvalue weighted by molar-refractivity contribution is 6.50. The van der Waals surface area contributed by atoms with Crippen LogP contribution in [0.4, 0.5) is 5.69 Å². The highest BCUT2D eigenvalue weighted by atomic mass is 16.5. The van der Waals surface area contributed by atoms with Gasteiger partial charge in [0.25, 0.3) is 17.6 Å². The number of fused-ring (bicyclic) bond motifs is 2. The van der Waals surface area contributed by atoms with Crippen molar-refractivity contribution in [2.24, 2.45) is 0 Å². The second-order valence-electron chi connectivity index (χ2n) is 8.26. The number of carbonyl (C=O) groups is 3. The topological polar surface area (TPSA) is 96.4 Å². The van der Waals surface area contributed by atoms with Crippen LogP contribution in [0.15, 0.2) is 66.8 Å². The molecule has 2 heterocycles. The summed E-state index contributed by atoms with van der Waals surface area (Å²) in [5.41, 5.74) is -0.580. The third-order valence-corrected chi connectivity index (χ3v) is 6.35. The number of ether oxygens (including phenoxy) is 2. The fourth-order valence-electron chi connectivity index (χ4n) is 4.86. The number of likely N-dealkylation sites (tertiary alicyclic amines) is 1. The number of carbonyl (C=O) groups excluding carboxylic acids is 3. The molecule has 0 aliphatic carbocycles. The van der Waals surface area contributed by atoms with E-state index in [4.69, 9.17) is 9.47 Å². The summed E-state index contributed by atoms with van der Waals surface area (Å²) in [5, 5.41) is 11.4. The average Bonchev–Trinajstić information content (AvgIpc) is 3.25. The number of likely N-dealkylation sites (N-methyl/N-ethyl adjacent to an activating group) is 1. The number of methoxy groups -OCH3 is 1. The predicted octanol–water partition coefficient (Wildman–Crippen LogP) is 3.23. The van der Waals surface area contributed by atoms with E-state index >= 15 is 0 Å². The third kappa shape index (κ3) is 3.70. The molecule has 2 aliphatic rings. The first kappa shape index (κ1) is 24.2. The molecular weight excluding hydrogens is 448 g/mol. The normalized spacial score (nSPS) is 20.6. The van der Waals surface area contributed by atoms with Crippen molar-refractivity contribution in [2.75, 3.05) is 38.3 Å². The minimum absolute atomic E-state index is 0.112. The van der Waals surface area contributed by atoms with Crippen LogP contribution in [0.2, 0.25) is 0 Å². The van der Waals surface area contributed by atoms with E-state index < -0.39 is 28.9 Å². The van der Waals surface area contributed by atoms with E-state index in [9.17, 15) is 19.5 Å². The van der Waals surface area contributed by atoms with E-state index in [1.807, 2.05) is 6.92 Å². The zero-order chi connectivity index (χ0) is 25.2. The van der Waals surface area contributed by atoms with Gasteiger partial charge in [0.1, 0.15) is 18.1 Å². The van der Waals surface area contributed by atoms with Crippen molar-refractivity contribution >= 4 is 29.0 Å². The van der Waals surface area contributed by atoms with Gasteiger partial charge < -0.3 is 24.4 Å². The van der Waals surface area contributed by atoms with Gasteiger partial charge in [0.15, 0.2) is 5.54 Å². The zero-order valence-corrected chi connectivity index (χ0v) is 19.8. The minimum Gasteiger partial charge on any atom is -0.507 e. The summed E-state index contributed by atoms with van der Waals surface area (Å²) in [6.45, 7) is 6.56. The molecule has 0 aromatic heterocycles. The van der Waals surface area contributed by atoms with Crippen LogP contribution in [0, 0.1) is 0 Å². The van der Waals surface area contributed by atoms with E-state index in [1.54, 1.807) is 66.6 Å². The molecular formula is C27H28N2O6. The lowest BCUT2D eigenvalue weighted by molar-refractivity contribution is -0.143. The number of anilines is 1. The Hall–Kier alpha value is -3.91. The van der Waals surface area contributed by atoms with Gasteiger partial charge in [-0.1, -0.05) is 30.9 Å². The van der Waals surface area contributed by atoms with Crippen molar-refractivity contribution in [3.05, 3.63) is 77.9 Å². The van der Waals surface area contributed by atoms with Crippen molar-refractivity contribution in [1.82, 2.24) is 4.90 Å². The summed E-state index contributed by atoms with van der Waals surface area (Å²) < 4.78 is 10.6. The number of aliphatic hydroxyl groups is 1. The van der Waals surface area contributed by atoms with Crippen LogP contribution < -0.4 is 9.64 Å². The maximum atomic E-state index is 14.0. The van der Waals surface area contributed by atoms with Crippen molar-refractivity contribution in [1.29, 1.82) is 0 Å². The quantitative estimate of drug-likeness (QED) is 0.196. The first-order valence-electron chi connectivity index (χ1n) is 11.5. The molecule has 0 radical (unpaired) electrons. The molecule has 1 spiro atoms. The van der Waals surface area contributed by atoms with E-state index in [0.717, 1.165) is 0 Å². The van der Waals surface area contributed by atoms with Crippen LogP contribution in [-0.4, -0.2) is 61.0 Å². The van der Waals surface area contributed by atoms with Gasteiger partial charge >= 0.3 is 0 Å². The maximum absolute atomic E-state index is 14.0. The van der Waals surface area contributed by atoms with Gasteiger partial charge in [0.2, 0.25) is 0 Å². The summed E-state index contributed by atoms with van der Waals surface area (Å²) in [7, 11) is 1.54. The number of ketones is 1. The average molecular weight is 477 g/mol. The molecule has 8 nitrogen and oxygen atoms in total. The smallest absolute Gasteiger partial charge is 0.296 e. The second-order valence-corrected chi connectivity index (χ2v) is 8.26. The molecule has 0 saturated carbocycles. The number of Topliss-reactive ketones (excluding diaryl/α,β-unsaturated/α-hetero) is 1. The van der Waals surface area contributed by atoms with Crippen LogP contribution in [0.25, 0.3) is 5.76 Å². The standard InChI is InChI=1S/C27H28N2O6/c1-4-16-35-19-13-11-18(12-14-19)23(30)22-24(31)25(32)29(15-8-17-34-3)27(22)20-9-6-7-10-21(20)28(5-2)26(27)33/h4,6-7,9-14,30H,1,5,8,15-17H2,2-3H3/t27-/m1/s1. The summed E-state index contributed by atoms with van der Waals surface area (Å²) in [6.07, 6.45) is 2.03. The number of nitrogens with zero attached hydrogens (tertiary/aromatic N) is 2. The molecule has 2 amide bonds. The zero-order valence-electron chi connectivity index (χ0n) is 19.8. The van der Waals surface area contributed by atoms with Crippen molar-refractivity contribution in [3.63, 3.8) is 0 Å². The van der Waals surface area contributed by atoms with Crippen molar-refractivity contribution in [3.8, 4) is 5.75 Å². The molecule has 8 heteroatoms. The van der Waals surface area contributed by atoms with Crippen LogP contribution in [0.3, 0.4) is 0 Å². The number of amides is 2. The lowest BCUT2D eigenvalue weighted by Crippen LogP contribution is -2.52. The number of rotatable bonds is 9. The number of para-hydroxylation sites is 1. The van der Waals surface area contributed by atoms with E-state index in [1.165, 1.54) is 4.90 Å². The Morgan fingerprint density at radius 3 is 2.49 bits per heavy atom. The molecule has 2 aromatic rings. The van der Waals surface area contributed by atoms with Gasteiger partial charge in [-0.25, -0.2) is 0 Å². The Morgan fingerprint density at radius 1 is 1.11 bits per heavy atom. The van der Waals surface area contributed by atoms with Gasteiger partial charge in [0, 0.05) is 37.9 Å². The van der Waals surface area contributed by atoms with Crippen LogP contribution in [0.5, 0.6) is 5.75 Å². The molecule has 2 aromatic carbocycles. The van der Waals surface area contributed by atoms with Gasteiger partial charge in [-0.3, -0.25) is 14.4 Å².